The topological polar surface area (TPSA) is 80.7 Å². The molecular weight excluding hydrogens is 228 g/mol. The van der Waals surface area contributed by atoms with Gasteiger partial charge in [-0.3, -0.25) is 5.10 Å². The van der Waals surface area contributed by atoms with Gasteiger partial charge in [-0.2, -0.15) is 5.10 Å². The highest BCUT2D eigenvalue weighted by molar-refractivity contribution is 5.86. The molecule has 3 aromatic rings. The average Bonchev–Trinajstić information content (AvgIpc) is 2.96. The SMILES string of the molecule is Cc1[nH]ncc1-c1onc(N)c1-c1ccccc1. The van der Waals surface area contributed by atoms with Gasteiger partial charge in [0.25, 0.3) is 0 Å². The number of aromatic nitrogens is 3. The van der Waals surface area contributed by atoms with Gasteiger partial charge >= 0.3 is 0 Å². The number of benzene rings is 1. The molecule has 0 unspecified atom stereocenters. The summed E-state index contributed by atoms with van der Waals surface area (Å²) in [5, 5.41) is 10.7. The van der Waals surface area contributed by atoms with Crippen LogP contribution in [0.1, 0.15) is 5.69 Å². The van der Waals surface area contributed by atoms with Gasteiger partial charge in [0.05, 0.1) is 17.3 Å². The predicted octanol–water partition coefficient (Wildman–Crippen LogP) is 2.62. The van der Waals surface area contributed by atoms with Crippen LogP contribution in [0.25, 0.3) is 22.5 Å². The lowest BCUT2D eigenvalue weighted by atomic mass is 10.0. The van der Waals surface area contributed by atoms with E-state index in [1.807, 2.05) is 37.3 Å². The molecule has 5 heteroatoms. The zero-order chi connectivity index (χ0) is 12.5. The Bertz CT molecular complexity index is 669. The number of anilines is 1. The zero-order valence-corrected chi connectivity index (χ0v) is 9.84. The van der Waals surface area contributed by atoms with Gasteiger partial charge < -0.3 is 10.3 Å². The number of nitrogen functional groups attached to an aromatic ring is 1. The summed E-state index contributed by atoms with van der Waals surface area (Å²) in [6.07, 6.45) is 1.71. The Morgan fingerprint density at radius 2 is 2.00 bits per heavy atom. The number of aryl methyl sites for hydroxylation is 1. The van der Waals surface area contributed by atoms with E-state index in [4.69, 9.17) is 10.3 Å². The van der Waals surface area contributed by atoms with Crippen LogP contribution in [0, 0.1) is 6.92 Å². The first-order chi connectivity index (χ1) is 8.77. The van der Waals surface area contributed by atoms with Crippen molar-refractivity contribution in [2.24, 2.45) is 0 Å². The first-order valence-electron chi connectivity index (χ1n) is 5.58. The molecule has 3 N–H and O–H groups in total. The Balaban J connectivity index is 2.22. The van der Waals surface area contributed by atoms with Crippen molar-refractivity contribution in [3.8, 4) is 22.5 Å². The number of nitrogens with one attached hydrogen (secondary N) is 1. The Kier molecular flexibility index (Phi) is 2.37. The molecular formula is C13H12N4O. The van der Waals surface area contributed by atoms with E-state index in [-0.39, 0.29) is 0 Å². The fourth-order valence-electron chi connectivity index (χ4n) is 1.95. The molecule has 1 aromatic carbocycles. The van der Waals surface area contributed by atoms with Crippen LogP contribution in [0.2, 0.25) is 0 Å². The summed E-state index contributed by atoms with van der Waals surface area (Å²) in [6.45, 7) is 1.93. The molecule has 0 radical (unpaired) electrons. The van der Waals surface area contributed by atoms with Crippen molar-refractivity contribution in [1.29, 1.82) is 0 Å². The highest BCUT2D eigenvalue weighted by Gasteiger charge is 2.19. The molecule has 3 rings (SSSR count). The number of rotatable bonds is 2. The number of nitrogens with zero attached hydrogens (tertiary/aromatic N) is 2. The number of nitrogens with two attached hydrogens (primary N) is 1. The molecule has 0 aliphatic carbocycles. The van der Waals surface area contributed by atoms with Crippen molar-refractivity contribution >= 4 is 5.82 Å². The lowest BCUT2D eigenvalue weighted by Gasteiger charge is -2.01. The summed E-state index contributed by atoms with van der Waals surface area (Å²) in [7, 11) is 0. The second kappa shape index (κ2) is 4.03. The first-order valence-corrected chi connectivity index (χ1v) is 5.58. The molecule has 0 saturated carbocycles. The van der Waals surface area contributed by atoms with Crippen LogP contribution in [-0.4, -0.2) is 15.4 Å². The maximum Gasteiger partial charge on any atom is 0.180 e. The van der Waals surface area contributed by atoms with Crippen molar-refractivity contribution in [1.82, 2.24) is 15.4 Å². The normalized spacial score (nSPS) is 10.7. The molecule has 90 valence electrons. The largest absolute Gasteiger partial charge is 0.380 e. The minimum Gasteiger partial charge on any atom is -0.380 e. The van der Waals surface area contributed by atoms with Crippen LogP contribution in [-0.2, 0) is 0 Å². The van der Waals surface area contributed by atoms with E-state index in [0.717, 1.165) is 22.4 Å². The summed E-state index contributed by atoms with van der Waals surface area (Å²) in [5.74, 6) is 1.03. The quantitative estimate of drug-likeness (QED) is 0.721. The van der Waals surface area contributed by atoms with Gasteiger partial charge in [0.1, 0.15) is 0 Å². The zero-order valence-electron chi connectivity index (χ0n) is 9.84. The van der Waals surface area contributed by atoms with Crippen LogP contribution in [0.4, 0.5) is 5.82 Å². The first kappa shape index (κ1) is 10.6. The summed E-state index contributed by atoms with van der Waals surface area (Å²) >= 11 is 0. The summed E-state index contributed by atoms with van der Waals surface area (Å²) in [5.41, 5.74) is 9.47. The molecule has 0 amide bonds. The van der Waals surface area contributed by atoms with Crippen LogP contribution < -0.4 is 5.73 Å². The maximum atomic E-state index is 5.89. The van der Waals surface area contributed by atoms with E-state index in [0.29, 0.717) is 11.6 Å². The van der Waals surface area contributed by atoms with Crippen molar-refractivity contribution in [3.05, 3.63) is 42.2 Å². The molecule has 0 aliphatic rings. The second-order valence-electron chi connectivity index (χ2n) is 4.05. The Morgan fingerprint density at radius 3 is 2.67 bits per heavy atom. The molecule has 0 bridgehead atoms. The highest BCUT2D eigenvalue weighted by Crippen LogP contribution is 2.36. The van der Waals surface area contributed by atoms with E-state index in [1.54, 1.807) is 6.20 Å². The number of aromatic amines is 1. The van der Waals surface area contributed by atoms with Crippen LogP contribution in [0.5, 0.6) is 0 Å². The van der Waals surface area contributed by atoms with E-state index in [1.165, 1.54) is 0 Å². The Hall–Kier alpha value is -2.56. The molecule has 18 heavy (non-hydrogen) atoms. The lowest BCUT2D eigenvalue weighted by molar-refractivity contribution is 0.436. The van der Waals surface area contributed by atoms with E-state index in [9.17, 15) is 0 Å². The highest BCUT2D eigenvalue weighted by atomic mass is 16.5. The van der Waals surface area contributed by atoms with E-state index in [2.05, 4.69) is 15.4 Å². The third kappa shape index (κ3) is 1.57. The number of hydrogen-bond donors (Lipinski definition) is 2. The molecule has 0 spiro atoms. The average molecular weight is 240 g/mol. The van der Waals surface area contributed by atoms with Crippen LogP contribution in [0.3, 0.4) is 0 Å². The molecule has 0 aliphatic heterocycles. The molecule has 2 heterocycles. The maximum absolute atomic E-state index is 5.89. The third-order valence-corrected chi connectivity index (χ3v) is 2.86. The standard InChI is InChI=1S/C13H12N4O/c1-8-10(7-15-16-8)12-11(13(14)17-18-12)9-5-3-2-4-6-9/h2-7H,1H3,(H2,14,17)(H,15,16). The Morgan fingerprint density at radius 1 is 1.22 bits per heavy atom. The Labute approximate surface area is 104 Å². The van der Waals surface area contributed by atoms with Gasteiger partial charge in [-0.05, 0) is 12.5 Å². The van der Waals surface area contributed by atoms with Gasteiger partial charge in [-0.25, -0.2) is 0 Å². The number of H-pyrrole nitrogens is 1. The van der Waals surface area contributed by atoms with Crippen molar-refractivity contribution < 1.29 is 4.52 Å². The molecule has 0 fully saturated rings. The minimum atomic E-state index is 0.386. The monoisotopic (exact) mass is 240 g/mol. The molecule has 0 saturated heterocycles. The van der Waals surface area contributed by atoms with Gasteiger partial charge in [-0.1, -0.05) is 35.5 Å². The minimum absolute atomic E-state index is 0.386. The lowest BCUT2D eigenvalue weighted by Crippen LogP contribution is -1.88. The van der Waals surface area contributed by atoms with Crippen molar-refractivity contribution in [3.63, 3.8) is 0 Å². The third-order valence-electron chi connectivity index (χ3n) is 2.86. The van der Waals surface area contributed by atoms with E-state index < -0.39 is 0 Å². The fourth-order valence-corrected chi connectivity index (χ4v) is 1.95. The van der Waals surface area contributed by atoms with Crippen LogP contribution >= 0.6 is 0 Å². The van der Waals surface area contributed by atoms with Gasteiger partial charge in [0.2, 0.25) is 0 Å². The predicted molar refractivity (Wildman–Crippen MR) is 68.7 cm³/mol. The summed E-state index contributed by atoms with van der Waals surface area (Å²) in [6, 6.07) is 9.81. The van der Waals surface area contributed by atoms with Crippen molar-refractivity contribution in [2.75, 3.05) is 5.73 Å². The van der Waals surface area contributed by atoms with Gasteiger partial charge in [0.15, 0.2) is 11.6 Å². The second-order valence-corrected chi connectivity index (χ2v) is 4.05. The summed E-state index contributed by atoms with van der Waals surface area (Å²) < 4.78 is 5.34. The van der Waals surface area contributed by atoms with Gasteiger partial charge in [-0.15, -0.1) is 0 Å². The molecule has 5 nitrogen and oxygen atoms in total. The molecule has 0 atom stereocenters. The fraction of sp³-hybridized carbons (Fsp3) is 0.0769. The van der Waals surface area contributed by atoms with Crippen LogP contribution in [0.15, 0.2) is 41.1 Å². The smallest absolute Gasteiger partial charge is 0.180 e. The number of hydrogen-bond acceptors (Lipinski definition) is 4. The van der Waals surface area contributed by atoms with Gasteiger partial charge in [0, 0.05) is 5.69 Å². The summed E-state index contributed by atoms with van der Waals surface area (Å²) in [4.78, 5) is 0. The molecule has 2 aromatic heterocycles. The van der Waals surface area contributed by atoms with E-state index >= 15 is 0 Å². The van der Waals surface area contributed by atoms with Crippen molar-refractivity contribution in [2.45, 2.75) is 6.92 Å².